The van der Waals surface area contributed by atoms with E-state index in [4.69, 9.17) is 4.74 Å². The van der Waals surface area contributed by atoms with E-state index >= 15 is 0 Å². The number of rotatable bonds is 6. The van der Waals surface area contributed by atoms with Crippen molar-refractivity contribution < 1.29 is 18.7 Å². The first-order valence-electron chi connectivity index (χ1n) is 8.98. The number of ether oxygens (including phenoxy) is 1. The van der Waals surface area contributed by atoms with Gasteiger partial charge in [0.15, 0.2) is 6.61 Å². The van der Waals surface area contributed by atoms with Crippen LogP contribution in [0.1, 0.15) is 36.1 Å². The van der Waals surface area contributed by atoms with Gasteiger partial charge in [-0.1, -0.05) is 13.8 Å². The number of aryl methyl sites for hydroxylation is 1. The first kappa shape index (κ1) is 20.0. The maximum Gasteiger partial charge on any atom is 0.348 e. The molecule has 2 heterocycles. The lowest BCUT2D eigenvalue weighted by Gasteiger charge is -2.17. The number of esters is 1. The van der Waals surface area contributed by atoms with Crippen molar-refractivity contribution in [1.29, 1.82) is 0 Å². The Bertz CT molecular complexity index is 1010. The average Bonchev–Trinajstić information content (AvgIpc) is 3.21. The molecular weight excluding hydrogens is 381 g/mol. The van der Waals surface area contributed by atoms with Gasteiger partial charge in [-0.05, 0) is 50.1 Å². The Kier molecular flexibility index (Phi) is 5.79. The van der Waals surface area contributed by atoms with Gasteiger partial charge in [0, 0.05) is 11.4 Å². The summed E-state index contributed by atoms with van der Waals surface area (Å²) in [5, 5.41) is 8.08. The van der Waals surface area contributed by atoms with Crippen LogP contribution in [0.2, 0.25) is 0 Å². The van der Waals surface area contributed by atoms with Crippen molar-refractivity contribution in [2.75, 3.05) is 6.61 Å². The van der Waals surface area contributed by atoms with E-state index in [0.29, 0.717) is 16.5 Å². The maximum absolute atomic E-state index is 13.2. The van der Waals surface area contributed by atoms with Gasteiger partial charge >= 0.3 is 5.97 Å². The molecule has 3 aromatic rings. The Morgan fingerprint density at radius 2 is 1.93 bits per heavy atom. The van der Waals surface area contributed by atoms with Crippen molar-refractivity contribution in [3.8, 4) is 5.69 Å². The van der Waals surface area contributed by atoms with Crippen molar-refractivity contribution in [1.82, 2.24) is 15.1 Å². The number of hydrogen-bond acceptors (Lipinski definition) is 5. The Balaban J connectivity index is 1.75. The molecule has 8 heteroatoms. The van der Waals surface area contributed by atoms with E-state index in [1.807, 2.05) is 27.7 Å². The number of benzene rings is 1. The molecule has 2 aromatic heterocycles. The molecule has 0 saturated carbocycles. The van der Waals surface area contributed by atoms with Crippen LogP contribution in [0.4, 0.5) is 4.39 Å². The second kappa shape index (κ2) is 8.10. The SMILES string of the molecule is Cc1nn(-c2ccc(F)cc2)c2sc(C(=O)OCC(=O)NC(C)C(C)C)cc12. The predicted octanol–water partition coefficient (Wildman–Crippen LogP) is 3.85. The van der Waals surface area contributed by atoms with Gasteiger partial charge in [0.25, 0.3) is 5.91 Å². The van der Waals surface area contributed by atoms with Crippen LogP contribution in [0.3, 0.4) is 0 Å². The molecule has 0 aliphatic carbocycles. The van der Waals surface area contributed by atoms with Crippen molar-refractivity contribution in [2.24, 2.45) is 5.92 Å². The monoisotopic (exact) mass is 403 g/mol. The van der Waals surface area contributed by atoms with Gasteiger partial charge < -0.3 is 10.1 Å². The number of fused-ring (bicyclic) bond motifs is 1. The minimum atomic E-state index is -0.557. The van der Waals surface area contributed by atoms with Gasteiger partial charge in [-0.3, -0.25) is 4.79 Å². The molecule has 0 aliphatic rings. The van der Waals surface area contributed by atoms with Crippen LogP contribution in [0.25, 0.3) is 15.9 Å². The lowest BCUT2D eigenvalue weighted by molar-refractivity contribution is -0.125. The van der Waals surface area contributed by atoms with Crippen LogP contribution < -0.4 is 5.32 Å². The Labute approximate surface area is 166 Å². The molecule has 0 aliphatic heterocycles. The van der Waals surface area contributed by atoms with Crippen LogP contribution in [-0.4, -0.2) is 34.3 Å². The molecule has 148 valence electrons. The van der Waals surface area contributed by atoms with E-state index < -0.39 is 5.97 Å². The van der Waals surface area contributed by atoms with Gasteiger partial charge in [0.2, 0.25) is 0 Å². The molecule has 6 nitrogen and oxygen atoms in total. The van der Waals surface area contributed by atoms with Crippen molar-refractivity contribution in [3.63, 3.8) is 0 Å². The fraction of sp³-hybridized carbons (Fsp3) is 0.350. The van der Waals surface area contributed by atoms with Crippen molar-refractivity contribution in [2.45, 2.75) is 33.7 Å². The van der Waals surface area contributed by atoms with Gasteiger partial charge in [-0.15, -0.1) is 11.3 Å². The first-order valence-corrected chi connectivity index (χ1v) is 9.79. The molecular formula is C20H22FN3O3S. The zero-order chi connectivity index (χ0) is 20.4. The third-order valence-corrected chi connectivity index (χ3v) is 5.63. The Morgan fingerprint density at radius 1 is 1.25 bits per heavy atom. The lowest BCUT2D eigenvalue weighted by Crippen LogP contribution is -2.38. The summed E-state index contributed by atoms with van der Waals surface area (Å²) in [4.78, 5) is 25.4. The summed E-state index contributed by atoms with van der Waals surface area (Å²) >= 11 is 1.22. The number of amides is 1. The highest BCUT2D eigenvalue weighted by Crippen LogP contribution is 2.30. The van der Waals surface area contributed by atoms with Gasteiger partial charge in [0.05, 0.1) is 11.4 Å². The highest BCUT2D eigenvalue weighted by molar-refractivity contribution is 7.20. The van der Waals surface area contributed by atoms with E-state index in [-0.39, 0.29) is 24.4 Å². The smallest absolute Gasteiger partial charge is 0.348 e. The summed E-state index contributed by atoms with van der Waals surface area (Å²) in [6, 6.07) is 7.67. The van der Waals surface area contributed by atoms with Crippen LogP contribution in [-0.2, 0) is 9.53 Å². The summed E-state index contributed by atoms with van der Waals surface area (Å²) in [5.41, 5.74) is 1.45. The van der Waals surface area contributed by atoms with Crippen LogP contribution in [0, 0.1) is 18.7 Å². The molecule has 3 rings (SSSR count). The highest BCUT2D eigenvalue weighted by atomic mass is 32.1. The molecule has 0 spiro atoms. The third kappa shape index (κ3) is 4.22. The summed E-state index contributed by atoms with van der Waals surface area (Å²) in [6.45, 7) is 7.42. The fourth-order valence-electron chi connectivity index (χ4n) is 2.57. The molecule has 1 atom stereocenters. The molecule has 28 heavy (non-hydrogen) atoms. The number of hydrogen-bond donors (Lipinski definition) is 1. The minimum absolute atomic E-state index is 0.000121. The number of halogens is 1. The molecule has 0 saturated heterocycles. The summed E-state index contributed by atoms with van der Waals surface area (Å²) < 4.78 is 20.0. The normalized spacial score (nSPS) is 12.4. The summed E-state index contributed by atoms with van der Waals surface area (Å²) in [7, 11) is 0. The summed E-state index contributed by atoms with van der Waals surface area (Å²) in [6.07, 6.45) is 0. The zero-order valence-corrected chi connectivity index (χ0v) is 17.0. The van der Waals surface area contributed by atoms with E-state index in [2.05, 4.69) is 10.4 Å². The molecule has 0 radical (unpaired) electrons. The summed E-state index contributed by atoms with van der Waals surface area (Å²) in [5.74, 6) is -0.924. The Hall–Kier alpha value is -2.74. The number of carbonyl (C=O) groups excluding carboxylic acids is 2. The minimum Gasteiger partial charge on any atom is -0.451 e. The topological polar surface area (TPSA) is 73.2 Å². The largest absolute Gasteiger partial charge is 0.451 e. The van der Waals surface area contributed by atoms with E-state index in [1.165, 1.54) is 23.5 Å². The number of nitrogens with zero attached hydrogens (tertiary/aromatic N) is 2. The molecule has 0 bridgehead atoms. The van der Waals surface area contributed by atoms with E-state index in [0.717, 1.165) is 15.9 Å². The van der Waals surface area contributed by atoms with E-state index in [1.54, 1.807) is 22.9 Å². The third-order valence-electron chi connectivity index (χ3n) is 4.54. The number of thiophene rings is 1. The van der Waals surface area contributed by atoms with E-state index in [9.17, 15) is 14.0 Å². The van der Waals surface area contributed by atoms with Gasteiger partial charge in [-0.2, -0.15) is 5.10 Å². The fourth-order valence-corrected chi connectivity index (χ4v) is 3.65. The number of nitrogens with one attached hydrogen (secondary N) is 1. The predicted molar refractivity (Wildman–Crippen MR) is 106 cm³/mol. The maximum atomic E-state index is 13.2. The molecule has 0 fully saturated rings. The standard InChI is InChI=1S/C20H22FN3O3S/c1-11(2)12(3)22-18(25)10-27-20(26)17-9-16-13(4)23-24(19(16)28-17)15-7-5-14(21)6-8-15/h5-9,11-12H,10H2,1-4H3,(H,22,25). The highest BCUT2D eigenvalue weighted by Gasteiger charge is 2.19. The molecule has 1 N–H and O–H groups in total. The van der Waals surface area contributed by atoms with Gasteiger partial charge in [-0.25, -0.2) is 13.9 Å². The second-order valence-corrected chi connectivity index (χ2v) is 8.01. The van der Waals surface area contributed by atoms with Crippen molar-refractivity contribution >= 4 is 33.4 Å². The number of carbonyl (C=O) groups is 2. The number of aromatic nitrogens is 2. The zero-order valence-electron chi connectivity index (χ0n) is 16.2. The molecule has 1 amide bonds. The Morgan fingerprint density at radius 3 is 2.57 bits per heavy atom. The van der Waals surface area contributed by atoms with Crippen molar-refractivity contribution in [3.05, 3.63) is 46.7 Å². The van der Waals surface area contributed by atoms with Crippen LogP contribution in [0.15, 0.2) is 30.3 Å². The first-order chi connectivity index (χ1) is 13.3. The molecule has 1 unspecified atom stereocenters. The van der Waals surface area contributed by atoms with Crippen LogP contribution >= 0.6 is 11.3 Å². The average molecular weight is 403 g/mol. The lowest BCUT2D eigenvalue weighted by atomic mass is 10.1. The van der Waals surface area contributed by atoms with Crippen LogP contribution in [0.5, 0.6) is 0 Å². The van der Waals surface area contributed by atoms with Gasteiger partial charge in [0.1, 0.15) is 15.5 Å². The second-order valence-electron chi connectivity index (χ2n) is 6.98. The molecule has 1 aromatic carbocycles. The quantitative estimate of drug-likeness (QED) is 0.635.